The van der Waals surface area contributed by atoms with E-state index in [-0.39, 0.29) is 32.9 Å². The third-order valence-electron chi connectivity index (χ3n) is 3.83. The van der Waals surface area contributed by atoms with E-state index in [2.05, 4.69) is 15.0 Å². The lowest BCUT2D eigenvalue weighted by molar-refractivity contribution is -0.113. The Morgan fingerprint density at radius 1 is 1.23 bits per heavy atom. The largest absolute Gasteiger partial charge is 0.434 e. The molecule has 156 valence electrons. The quantitative estimate of drug-likeness (QED) is 0.362. The van der Waals surface area contributed by atoms with Gasteiger partial charge in [0.05, 0.1) is 11.4 Å². The molecule has 1 N–H and O–H groups in total. The van der Waals surface area contributed by atoms with Crippen LogP contribution in [0.25, 0.3) is 11.3 Å². The molecule has 0 aliphatic carbocycles. The number of aromatic nitrogens is 1. The predicted molar refractivity (Wildman–Crippen MR) is 110 cm³/mol. The summed E-state index contributed by atoms with van der Waals surface area (Å²) in [6, 6.07) is 10.3. The molecule has 3 rings (SSSR count). The van der Waals surface area contributed by atoms with Crippen molar-refractivity contribution in [2.45, 2.75) is 18.4 Å². The lowest BCUT2D eigenvalue weighted by Crippen LogP contribution is -2.14. The van der Waals surface area contributed by atoms with Gasteiger partial charge < -0.3 is 10.1 Å². The van der Waals surface area contributed by atoms with E-state index in [4.69, 9.17) is 0 Å². The molecule has 2 aromatic carbocycles. The molecule has 30 heavy (non-hydrogen) atoms. The second-order valence-electron chi connectivity index (χ2n) is 5.95. The second-order valence-corrected chi connectivity index (χ2v) is 7.83. The Bertz CT molecular complexity index is 1070. The van der Waals surface area contributed by atoms with Crippen LogP contribution in [0.5, 0.6) is 5.75 Å². The van der Waals surface area contributed by atoms with E-state index >= 15 is 0 Å². The molecule has 0 spiro atoms. The van der Waals surface area contributed by atoms with Crippen LogP contribution >= 0.6 is 23.1 Å². The fourth-order valence-electron chi connectivity index (χ4n) is 2.47. The maximum atomic E-state index is 14.0. The van der Waals surface area contributed by atoms with Gasteiger partial charge in [-0.2, -0.15) is 8.78 Å². The van der Waals surface area contributed by atoms with Gasteiger partial charge in [-0.25, -0.2) is 9.37 Å². The number of para-hydroxylation sites is 1. The fourth-order valence-corrected chi connectivity index (χ4v) is 3.91. The van der Waals surface area contributed by atoms with E-state index < -0.39 is 18.3 Å². The van der Waals surface area contributed by atoms with Crippen molar-refractivity contribution < 1.29 is 27.5 Å². The first-order valence-electron chi connectivity index (χ1n) is 8.56. The minimum absolute atomic E-state index is 0.0179. The summed E-state index contributed by atoms with van der Waals surface area (Å²) >= 11 is 2.11. The fraction of sp³-hybridized carbons (Fsp3) is 0.150. The molecule has 0 radical (unpaired) electrons. The predicted octanol–water partition coefficient (Wildman–Crippen LogP) is 5.48. The van der Waals surface area contributed by atoms with Crippen LogP contribution in [0.3, 0.4) is 0 Å². The molecular weight excluding hydrogens is 437 g/mol. The molecule has 3 aromatic rings. The molecule has 0 saturated carbocycles. The van der Waals surface area contributed by atoms with Crippen LogP contribution < -0.4 is 10.1 Å². The molecule has 0 fully saturated rings. The molecule has 1 amide bonds. The van der Waals surface area contributed by atoms with Crippen molar-refractivity contribution in [3.05, 3.63) is 59.2 Å². The smallest absolute Gasteiger partial charge is 0.387 e. The third-order valence-corrected chi connectivity index (χ3v) is 5.63. The molecule has 0 unspecified atom stereocenters. The number of thioether (sulfide) groups is 1. The van der Waals surface area contributed by atoms with E-state index in [9.17, 15) is 22.8 Å². The van der Waals surface area contributed by atoms with Gasteiger partial charge in [0.15, 0.2) is 10.9 Å². The number of ketones is 1. The number of carbonyl (C=O) groups is 2. The molecule has 1 heterocycles. The molecule has 0 aliphatic heterocycles. The van der Waals surface area contributed by atoms with Crippen LogP contribution in [0.4, 0.5) is 18.3 Å². The van der Waals surface area contributed by atoms with Crippen LogP contribution in [0.1, 0.15) is 17.3 Å². The SMILES string of the molecule is CC(=O)c1ccc(SCC(=O)Nc2nc(-c3ccccc3OC(F)F)cs2)c(F)c1. The number of amides is 1. The normalized spacial score (nSPS) is 10.8. The van der Waals surface area contributed by atoms with Crippen molar-refractivity contribution in [2.24, 2.45) is 0 Å². The summed E-state index contributed by atoms with van der Waals surface area (Å²) in [6.45, 7) is -1.62. The first-order chi connectivity index (χ1) is 14.3. The first kappa shape index (κ1) is 21.8. The number of benzene rings is 2. The van der Waals surface area contributed by atoms with Gasteiger partial charge in [-0.05, 0) is 31.2 Å². The molecule has 1 aromatic heterocycles. The van der Waals surface area contributed by atoms with Gasteiger partial charge in [-0.3, -0.25) is 9.59 Å². The van der Waals surface area contributed by atoms with Crippen molar-refractivity contribution in [1.29, 1.82) is 0 Å². The van der Waals surface area contributed by atoms with E-state index in [0.29, 0.717) is 11.3 Å². The van der Waals surface area contributed by atoms with Gasteiger partial charge in [0.1, 0.15) is 11.6 Å². The van der Waals surface area contributed by atoms with E-state index in [0.717, 1.165) is 29.2 Å². The van der Waals surface area contributed by atoms with Crippen LogP contribution in [-0.2, 0) is 4.79 Å². The summed E-state index contributed by atoms with van der Waals surface area (Å²) in [5.41, 5.74) is 1.01. The van der Waals surface area contributed by atoms with Crippen molar-refractivity contribution in [2.75, 3.05) is 11.1 Å². The van der Waals surface area contributed by atoms with Crippen molar-refractivity contribution in [3.8, 4) is 17.0 Å². The first-order valence-corrected chi connectivity index (χ1v) is 10.4. The Hall–Kier alpha value is -2.85. The number of nitrogens with one attached hydrogen (secondary N) is 1. The number of anilines is 1. The van der Waals surface area contributed by atoms with Crippen molar-refractivity contribution in [1.82, 2.24) is 4.98 Å². The summed E-state index contributed by atoms with van der Waals surface area (Å²) < 4.78 is 43.7. The highest BCUT2D eigenvalue weighted by atomic mass is 32.2. The molecule has 0 saturated heterocycles. The maximum Gasteiger partial charge on any atom is 0.387 e. The number of rotatable bonds is 8. The molecule has 0 aliphatic rings. The summed E-state index contributed by atoms with van der Waals surface area (Å²) in [5.74, 6) is -1.32. The van der Waals surface area contributed by atoms with Crippen molar-refractivity contribution >= 4 is 39.9 Å². The Kier molecular flexibility index (Phi) is 7.11. The number of hydrogen-bond acceptors (Lipinski definition) is 6. The van der Waals surface area contributed by atoms with Crippen molar-refractivity contribution in [3.63, 3.8) is 0 Å². The van der Waals surface area contributed by atoms with Crippen LogP contribution in [0.15, 0.2) is 52.7 Å². The maximum absolute atomic E-state index is 14.0. The average Bonchev–Trinajstić information content (AvgIpc) is 3.15. The number of halogens is 3. The van der Waals surface area contributed by atoms with Gasteiger partial charge in [0.25, 0.3) is 0 Å². The number of Topliss-reactive ketones (excluding diaryl/α,β-unsaturated/α-hetero) is 1. The van der Waals surface area contributed by atoms with E-state index in [1.165, 1.54) is 25.1 Å². The van der Waals surface area contributed by atoms with Crippen LogP contribution in [0.2, 0.25) is 0 Å². The molecule has 10 heteroatoms. The number of alkyl halides is 2. The Morgan fingerprint density at radius 2 is 2.00 bits per heavy atom. The summed E-state index contributed by atoms with van der Waals surface area (Å²) in [4.78, 5) is 27.9. The van der Waals surface area contributed by atoms with Gasteiger partial charge in [-0.1, -0.05) is 18.2 Å². The number of carbonyl (C=O) groups excluding carboxylic acids is 2. The minimum Gasteiger partial charge on any atom is -0.434 e. The Balaban J connectivity index is 1.63. The topological polar surface area (TPSA) is 68.3 Å². The lowest BCUT2D eigenvalue weighted by atomic mass is 10.1. The Labute approximate surface area is 178 Å². The van der Waals surface area contributed by atoms with Gasteiger partial charge in [0, 0.05) is 21.4 Å². The average molecular weight is 452 g/mol. The molecular formula is C20H15F3N2O3S2. The Morgan fingerprint density at radius 3 is 2.70 bits per heavy atom. The molecule has 0 bridgehead atoms. The summed E-state index contributed by atoms with van der Waals surface area (Å²) in [7, 11) is 0. The lowest BCUT2D eigenvalue weighted by Gasteiger charge is -2.08. The van der Waals surface area contributed by atoms with Gasteiger partial charge in [-0.15, -0.1) is 23.1 Å². The van der Waals surface area contributed by atoms with Gasteiger partial charge >= 0.3 is 6.61 Å². The standard InChI is InChI=1S/C20H15F3N2O3S2/c1-11(26)12-6-7-17(14(21)8-12)29-10-18(27)25-20-24-15(9-30-20)13-4-2-3-5-16(13)28-19(22)23/h2-9,19H,10H2,1H3,(H,24,25,27). The summed E-state index contributed by atoms with van der Waals surface area (Å²) in [6.07, 6.45) is 0. The highest BCUT2D eigenvalue weighted by molar-refractivity contribution is 8.00. The zero-order chi connectivity index (χ0) is 21.7. The van der Waals surface area contributed by atoms with E-state index in [1.807, 2.05) is 0 Å². The second kappa shape index (κ2) is 9.77. The monoisotopic (exact) mass is 452 g/mol. The minimum atomic E-state index is -2.97. The summed E-state index contributed by atoms with van der Waals surface area (Å²) in [5, 5.41) is 4.47. The molecule has 0 atom stereocenters. The zero-order valence-electron chi connectivity index (χ0n) is 15.5. The number of thiazole rings is 1. The zero-order valence-corrected chi connectivity index (χ0v) is 17.2. The third kappa shape index (κ3) is 5.61. The highest BCUT2D eigenvalue weighted by Gasteiger charge is 2.15. The number of ether oxygens (including phenoxy) is 1. The van der Waals surface area contributed by atoms with Crippen LogP contribution in [0, 0.1) is 5.82 Å². The molecule has 5 nitrogen and oxygen atoms in total. The van der Waals surface area contributed by atoms with E-state index in [1.54, 1.807) is 23.6 Å². The highest BCUT2D eigenvalue weighted by Crippen LogP contribution is 2.33. The number of hydrogen-bond donors (Lipinski definition) is 1. The number of nitrogens with zero attached hydrogens (tertiary/aromatic N) is 1. The van der Waals surface area contributed by atoms with Gasteiger partial charge in [0.2, 0.25) is 5.91 Å². The van der Waals surface area contributed by atoms with Crippen LogP contribution in [-0.4, -0.2) is 29.0 Å².